The molecule has 0 saturated carbocycles. The molecule has 1 rings (SSSR count). The van der Waals surface area contributed by atoms with Gasteiger partial charge in [-0.15, -0.1) is 9.24 Å². The second kappa shape index (κ2) is 8.77. The molecule has 0 aromatic carbocycles. The minimum Gasteiger partial charge on any atom is -0.405 e. The molecule has 0 saturated heterocycles. The molecule has 0 aromatic heterocycles. The summed E-state index contributed by atoms with van der Waals surface area (Å²) in [6.07, 6.45) is 9.05. The van der Waals surface area contributed by atoms with Gasteiger partial charge in [0.1, 0.15) is 0 Å². The van der Waals surface area contributed by atoms with Gasteiger partial charge in [0, 0.05) is 31.3 Å². The Hall–Kier alpha value is -0.960. The van der Waals surface area contributed by atoms with E-state index in [9.17, 15) is 5.11 Å². The van der Waals surface area contributed by atoms with Crippen molar-refractivity contribution in [2.45, 2.75) is 52.2 Å². The predicted octanol–water partition coefficient (Wildman–Crippen LogP) is 3.06. The molecule has 5 heteroatoms. The van der Waals surface area contributed by atoms with E-state index in [1.165, 1.54) is 11.5 Å². The molecule has 23 heavy (non-hydrogen) atoms. The van der Waals surface area contributed by atoms with Crippen molar-refractivity contribution in [3.63, 3.8) is 0 Å². The molecule has 0 aromatic rings. The van der Waals surface area contributed by atoms with Crippen molar-refractivity contribution >= 4 is 15.0 Å². The summed E-state index contributed by atoms with van der Waals surface area (Å²) in [5.41, 5.74) is 6.48. The van der Waals surface area contributed by atoms with Gasteiger partial charge in [-0.2, -0.15) is 0 Å². The molecule has 4 N–H and O–H groups in total. The molecule has 4 nitrogen and oxygen atoms in total. The highest BCUT2D eigenvalue weighted by molar-refractivity contribution is 7.22. The van der Waals surface area contributed by atoms with Crippen molar-refractivity contribution in [3.8, 4) is 0 Å². The molecule has 0 amide bonds. The Balaban J connectivity index is 2.57. The van der Waals surface area contributed by atoms with Gasteiger partial charge < -0.3 is 16.2 Å². The quantitative estimate of drug-likeness (QED) is 0.362. The maximum atomic E-state index is 9.87. The average molecular weight is 337 g/mol. The van der Waals surface area contributed by atoms with Crippen LogP contribution in [-0.2, 0) is 0 Å². The summed E-state index contributed by atoms with van der Waals surface area (Å²) in [7, 11) is 2.78. The molecule has 1 heterocycles. The van der Waals surface area contributed by atoms with Crippen molar-refractivity contribution in [1.82, 2.24) is 4.90 Å². The first-order valence-electron chi connectivity index (χ1n) is 8.21. The maximum Gasteiger partial charge on any atom is 0.0597 e. The Labute approximate surface area is 143 Å². The summed E-state index contributed by atoms with van der Waals surface area (Å²) in [5.74, 6) is 0.343. The first kappa shape index (κ1) is 20.1. The van der Waals surface area contributed by atoms with E-state index in [4.69, 9.17) is 11.1 Å². The van der Waals surface area contributed by atoms with Gasteiger partial charge in [0.05, 0.1) is 5.60 Å². The Bertz CT molecular complexity index is 503. The zero-order valence-electron chi connectivity index (χ0n) is 14.8. The largest absolute Gasteiger partial charge is 0.405 e. The zero-order chi connectivity index (χ0) is 17.6. The first-order chi connectivity index (χ1) is 10.6. The molecule has 0 radical (unpaired) electrons. The monoisotopic (exact) mass is 337 g/mol. The minimum absolute atomic E-state index is 0.310. The number of hydrogen-bond acceptors (Lipinski definition) is 4. The van der Waals surface area contributed by atoms with Crippen LogP contribution in [0.15, 0.2) is 35.3 Å². The van der Waals surface area contributed by atoms with Crippen LogP contribution in [0.1, 0.15) is 40.5 Å². The summed E-state index contributed by atoms with van der Waals surface area (Å²) in [6.45, 7) is 9.68. The molecule has 0 aliphatic carbocycles. The van der Waals surface area contributed by atoms with Gasteiger partial charge in [-0.3, -0.25) is 4.90 Å². The lowest BCUT2D eigenvalue weighted by Crippen LogP contribution is -2.30. The van der Waals surface area contributed by atoms with E-state index >= 15 is 0 Å². The minimum atomic E-state index is -0.631. The molecule has 1 aliphatic heterocycles. The Morgan fingerprint density at radius 1 is 1.39 bits per heavy atom. The molecular weight excluding hydrogens is 305 g/mol. The highest BCUT2D eigenvalue weighted by atomic mass is 31.0. The number of aliphatic hydroxyl groups is 1. The van der Waals surface area contributed by atoms with E-state index in [2.05, 4.69) is 40.1 Å². The number of hydrogen-bond donors (Lipinski definition) is 3. The van der Waals surface area contributed by atoms with E-state index in [-0.39, 0.29) is 0 Å². The van der Waals surface area contributed by atoms with E-state index in [0.29, 0.717) is 24.1 Å². The van der Waals surface area contributed by atoms with Gasteiger partial charge in [-0.1, -0.05) is 25.2 Å². The van der Waals surface area contributed by atoms with Crippen LogP contribution in [0.4, 0.5) is 0 Å². The fraction of sp³-hybridized carbons (Fsp3) is 0.611. The van der Waals surface area contributed by atoms with Gasteiger partial charge in [0.2, 0.25) is 0 Å². The van der Waals surface area contributed by atoms with E-state index < -0.39 is 5.60 Å². The van der Waals surface area contributed by atoms with E-state index in [1.54, 1.807) is 0 Å². The summed E-state index contributed by atoms with van der Waals surface area (Å²) < 4.78 is 0. The third kappa shape index (κ3) is 6.99. The number of rotatable bonds is 8. The number of allylic oxidation sites excluding steroid dienone is 2. The Kier molecular flexibility index (Phi) is 7.66. The van der Waals surface area contributed by atoms with Crippen LogP contribution >= 0.6 is 9.24 Å². The van der Waals surface area contributed by atoms with Gasteiger partial charge in [-0.25, -0.2) is 0 Å². The molecule has 1 aliphatic rings. The Morgan fingerprint density at radius 3 is 2.61 bits per heavy atom. The van der Waals surface area contributed by atoms with Gasteiger partial charge >= 0.3 is 0 Å². The van der Waals surface area contributed by atoms with Gasteiger partial charge in [0.15, 0.2) is 0 Å². The van der Waals surface area contributed by atoms with Crippen LogP contribution in [0.25, 0.3) is 0 Å². The Morgan fingerprint density at radius 2 is 2.04 bits per heavy atom. The van der Waals surface area contributed by atoms with Gasteiger partial charge in [0.25, 0.3) is 0 Å². The lowest BCUT2D eigenvalue weighted by molar-refractivity contribution is 0.0612. The van der Waals surface area contributed by atoms with Crippen LogP contribution in [0.5, 0.6) is 0 Å². The van der Waals surface area contributed by atoms with Crippen molar-refractivity contribution in [1.29, 1.82) is 5.41 Å². The predicted molar refractivity (Wildman–Crippen MR) is 103 cm³/mol. The normalized spacial score (nSPS) is 19.9. The molecule has 130 valence electrons. The summed E-state index contributed by atoms with van der Waals surface area (Å²) in [5, 5.41) is 19.2. The lowest BCUT2D eigenvalue weighted by Gasteiger charge is -2.23. The topological polar surface area (TPSA) is 73.3 Å². The fourth-order valence-corrected chi connectivity index (χ4v) is 3.39. The molecule has 0 bridgehead atoms. The van der Waals surface area contributed by atoms with Crippen molar-refractivity contribution in [3.05, 3.63) is 35.3 Å². The van der Waals surface area contributed by atoms with Crippen LogP contribution in [0.3, 0.4) is 0 Å². The van der Waals surface area contributed by atoms with Crippen LogP contribution in [0.2, 0.25) is 0 Å². The number of nitrogens with zero attached hydrogens (tertiary/aromatic N) is 1. The third-order valence-corrected chi connectivity index (χ3v) is 4.59. The molecule has 3 atom stereocenters. The van der Waals surface area contributed by atoms with Crippen LogP contribution < -0.4 is 5.73 Å². The number of nitrogens with one attached hydrogen (secondary N) is 1. The molecule has 0 spiro atoms. The van der Waals surface area contributed by atoms with Crippen molar-refractivity contribution in [2.75, 3.05) is 13.1 Å². The van der Waals surface area contributed by atoms with E-state index in [1.807, 2.05) is 19.9 Å². The maximum absolute atomic E-state index is 9.87. The summed E-state index contributed by atoms with van der Waals surface area (Å²) >= 11 is 0. The van der Waals surface area contributed by atoms with E-state index in [0.717, 1.165) is 25.1 Å². The average Bonchev–Trinajstić information content (AvgIpc) is 2.82. The lowest BCUT2D eigenvalue weighted by atomic mass is 9.94. The SMILES string of the molecule is CC(/C=C\[C@H](C)CC(C)(C)O)N1CC(P)=C(C(=N)C/C=C\N)C1. The smallest absolute Gasteiger partial charge is 0.0597 e. The van der Waals surface area contributed by atoms with Gasteiger partial charge in [-0.05, 0) is 50.2 Å². The summed E-state index contributed by atoms with van der Waals surface area (Å²) in [6, 6.07) is 0.310. The molecule has 0 fully saturated rings. The second-order valence-electron chi connectivity index (χ2n) is 7.14. The molecular formula is C18H32N3OP. The van der Waals surface area contributed by atoms with Crippen LogP contribution in [0, 0.1) is 11.3 Å². The summed E-state index contributed by atoms with van der Waals surface area (Å²) in [4.78, 5) is 2.35. The van der Waals surface area contributed by atoms with Crippen molar-refractivity contribution in [2.24, 2.45) is 11.7 Å². The van der Waals surface area contributed by atoms with Crippen molar-refractivity contribution < 1.29 is 5.11 Å². The molecule has 2 unspecified atom stereocenters. The second-order valence-corrected chi connectivity index (χ2v) is 7.84. The third-order valence-electron chi connectivity index (χ3n) is 4.06. The highest BCUT2D eigenvalue weighted by Gasteiger charge is 2.24. The standard InChI is InChI=1S/C18H32N3OP/c1-13(10-18(3,4)22)7-8-14(2)21-11-15(17(23)12-21)16(20)6-5-9-19/h5,7-9,13-14,20,22H,6,10-12,19,23H2,1-4H3/b8-7-,9-5-,20-16?/t13-,14?/m0/s1. The fourth-order valence-electron chi connectivity index (χ4n) is 2.89. The zero-order valence-corrected chi connectivity index (χ0v) is 16.0. The number of nitrogens with two attached hydrogens (primary N) is 1. The first-order valence-corrected chi connectivity index (χ1v) is 8.78. The highest BCUT2D eigenvalue weighted by Crippen LogP contribution is 2.27. The van der Waals surface area contributed by atoms with Crippen LogP contribution in [-0.4, -0.2) is 40.5 Å².